The molecule has 120 valence electrons. The lowest BCUT2D eigenvalue weighted by Crippen LogP contribution is -2.39. The molecule has 0 saturated heterocycles. The number of hydrogen-bond donors (Lipinski definition) is 2. The first-order valence-electron chi connectivity index (χ1n) is 8.33. The summed E-state index contributed by atoms with van der Waals surface area (Å²) in [5.74, 6) is 0.302. The summed E-state index contributed by atoms with van der Waals surface area (Å²) in [4.78, 5) is 12.5. The van der Waals surface area contributed by atoms with Crippen molar-refractivity contribution in [2.24, 2.45) is 5.92 Å². The minimum atomic E-state index is -0.0219. The number of aliphatic hydroxyl groups is 1. The van der Waals surface area contributed by atoms with E-state index in [2.05, 4.69) is 5.32 Å². The molecular formula is C20H23NO2. The molecular weight excluding hydrogens is 286 g/mol. The van der Waals surface area contributed by atoms with Crippen molar-refractivity contribution in [1.29, 1.82) is 0 Å². The predicted molar refractivity (Wildman–Crippen MR) is 92.2 cm³/mol. The molecule has 1 amide bonds. The first kappa shape index (κ1) is 15.8. The van der Waals surface area contributed by atoms with Gasteiger partial charge in [0.25, 0.3) is 5.91 Å². The third-order valence-electron chi connectivity index (χ3n) is 4.61. The highest BCUT2D eigenvalue weighted by Crippen LogP contribution is 2.24. The molecule has 0 bridgehead atoms. The van der Waals surface area contributed by atoms with Gasteiger partial charge in [0.1, 0.15) is 0 Å². The maximum atomic E-state index is 12.5. The molecule has 1 saturated carbocycles. The normalized spacial score (nSPS) is 20.9. The number of aliphatic hydroxyl groups excluding tert-OH is 1. The summed E-state index contributed by atoms with van der Waals surface area (Å²) in [6.07, 6.45) is 4.01. The number of rotatable bonds is 4. The van der Waals surface area contributed by atoms with E-state index in [1.54, 1.807) is 0 Å². The van der Waals surface area contributed by atoms with Gasteiger partial charge < -0.3 is 10.4 Å². The van der Waals surface area contributed by atoms with Crippen LogP contribution in [-0.4, -0.2) is 23.7 Å². The molecule has 0 heterocycles. The largest absolute Gasteiger partial charge is 0.396 e. The summed E-state index contributed by atoms with van der Waals surface area (Å²) in [5, 5.41) is 12.4. The van der Waals surface area contributed by atoms with Crippen LogP contribution in [0.2, 0.25) is 0 Å². The van der Waals surface area contributed by atoms with E-state index >= 15 is 0 Å². The van der Waals surface area contributed by atoms with Crippen LogP contribution in [-0.2, 0) is 0 Å². The lowest BCUT2D eigenvalue weighted by molar-refractivity contribution is 0.0906. The van der Waals surface area contributed by atoms with E-state index < -0.39 is 0 Å². The van der Waals surface area contributed by atoms with Crippen LogP contribution in [0.5, 0.6) is 0 Å². The zero-order valence-electron chi connectivity index (χ0n) is 13.2. The van der Waals surface area contributed by atoms with Crippen LogP contribution in [0.15, 0.2) is 54.6 Å². The highest BCUT2D eigenvalue weighted by Gasteiger charge is 2.23. The van der Waals surface area contributed by atoms with Crippen molar-refractivity contribution < 1.29 is 9.90 Å². The molecule has 0 aliphatic heterocycles. The summed E-state index contributed by atoms with van der Waals surface area (Å²) in [6, 6.07) is 18.0. The Morgan fingerprint density at radius 3 is 2.61 bits per heavy atom. The Balaban J connectivity index is 1.70. The smallest absolute Gasteiger partial charge is 0.251 e. The first-order valence-corrected chi connectivity index (χ1v) is 8.33. The Kier molecular flexibility index (Phi) is 5.09. The Bertz CT molecular complexity index is 654. The molecule has 23 heavy (non-hydrogen) atoms. The molecule has 3 heteroatoms. The van der Waals surface area contributed by atoms with Crippen molar-refractivity contribution in [1.82, 2.24) is 5.32 Å². The Morgan fingerprint density at radius 2 is 1.83 bits per heavy atom. The molecule has 3 rings (SSSR count). The van der Waals surface area contributed by atoms with Crippen molar-refractivity contribution in [3.63, 3.8) is 0 Å². The Morgan fingerprint density at radius 1 is 1.04 bits per heavy atom. The van der Waals surface area contributed by atoms with Crippen LogP contribution in [0.25, 0.3) is 11.1 Å². The highest BCUT2D eigenvalue weighted by atomic mass is 16.3. The Labute approximate surface area is 137 Å². The molecule has 1 aliphatic carbocycles. The van der Waals surface area contributed by atoms with Gasteiger partial charge in [0.15, 0.2) is 0 Å². The summed E-state index contributed by atoms with van der Waals surface area (Å²) in [6.45, 7) is 0.218. The van der Waals surface area contributed by atoms with Crippen LogP contribution in [0.4, 0.5) is 0 Å². The molecule has 2 atom stereocenters. The van der Waals surface area contributed by atoms with Gasteiger partial charge in [-0.15, -0.1) is 0 Å². The van der Waals surface area contributed by atoms with Crippen LogP contribution in [0.3, 0.4) is 0 Å². The molecule has 2 aromatic rings. The monoisotopic (exact) mass is 309 g/mol. The van der Waals surface area contributed by atoms with E-state index in [1.807, 2.05) is 54.6 Å². The number of amides is 1. The van der Waals surface area contributed by atoms with E-state index in [0.29, 0.717) is 11.5 Å². The number of hydrogen-bond acceptors (Lipinski definition) is 2. The zero-order valence-corrected chi connectivity index (χ0v) is 13.2. The third-order valence-corrected chi connectivity index (χ3v) is 4.61. The molecule has 0 radical (unpaired) electrons. The van der Waals surface area contributed by atoms with E-state index in [1.165, 1.54) is 0 Å². The van der Waals surface area contributed by atoms with Gasteiger partial charge in [0, 0.05) is 18.2 Å². The maximum absolute atomic E-state index is 12.5. The molecule has 0 unspecified atom stereocenters. The molecule has 0 spiro atoms. The lowest BCUT2D eigenvalue weighted by atomic mass is 9.86. The van der Waals surface area contributed by atoms with E-state index in [0.717, 1.165) is 36.8 Å². The zero-order chi connectivity index (χ0) is 16.1. The van der Waals surface area contributed by atoms with Crippen molar-refractivity contribution in [2.45, 2.75) is 31.7 Å². The lowest BCUT2D eigenvalue weighted by Gasteiger charge is -2.28. The molecule has 1 aliphatic rings. The standard InChI is InChI=1S/C20H23NO2/c22-14-15-6-4-11-19(12-15)21-20(23)18-10-5-9-17(13-18)16-7-2-1-3-8-16/h1-3,5,7-10,13,15,19,22H,4,6,11-12,14H2,(H,21,23)/t15-,19-/m1/s1. The molecule has 3 nitrogen and oxygen atoms in total. The SMILES string of the molecule is O=C(N[C@@H]1CCC[C@@H](CO)C1)c1cccc(-c2ccccc2)c1. The number of benzene rings is 2. The minimum Gasteiger partial charge on any atom is -0.396 e. The van der Waals surface area contributed by atoms with Crippen LogP contribution < -0.4 is 5.32 Å². The quantitative estimate of drug-likeness (QED) is 0.906. The van der Waals surface area contributed by atoms with E-state index in [-0.39, 0.29) is 18.6 Å². The number of carbonyl (C=O) groups excluding carboxylic acids is 1. The van der Waals surface area contributed by atoms with Gasteiger partial charge in [-0.2, -0.15) is 0 Å². The first-order chi connectivity index (χ1) is 11.3. The van der Waals surface area contributed by atoms with Gasteiger partial charge in [-0.3, -0.25) is 4.79 Å². The van der Waals surface area contributed by atoms with Gasteiger partial charge in [-0.1, -0.05) is 48.9 Å². The van der Waals surface area contributed by atoms with Crippen LogP contribution in [0.1, 0.15) is 36.0 Å². The summed E-state index contributed by atoms with van der Waals surface area (Å²) in [7, 11) is 0. The van der Waals surface area contributed by atoms with Gasteiger partial charge >= 0.3 is 0 Å². The van der Waals surface area contributed by atoms with Gasteiger partial charge in [0.2, 0.25) is 0 Å². The van der Waals surface area contributed by atoms with Crippen molar-refractivity contribution in [2.75, 3.05) is 6.61 Å². The highest BCUT2D eigenvalue weighted by molar-refractivity contribution is 5.95. The maximum Gasteiger partial charge on any atom is 0.251 e. The fraction of sp³-hybridized carbons (Fsp3) is 0.350. The third kappa shape index (κ3) is 3.99. The summed E-state index contributed by atoms with van der Waals surface area (Å²) in [5.41, 5.74) is 2.85. The fourth-order valence-corrected chi connectivity index (χ4v) is 3.33. The van der Waals surface area contributed by atoms with Crippen molar-refractivity contribution >= 4 is 5.91 Å². The van der Waals surface area contributed by atoms with Crippen molar-refractivity contribution in [3.8, 4) is 11.1 Å². The summed E-state index contributed by atoms with van der Waals surface area (Å²) < 4.78 is 0. The number of nitrogens with one attached hydrogen (secondary N) is 1. The molecule has 1 fully saturated rings. The van der Waals surface area contributed by atoms with Crippen LogP contribution >= 0.6 is 0 Å². The van der Waals surface area contributed by atoms with Crippen LogP contribution in [0, 0.1) is 5.92 Å². The average Bonchev–Trinajstić information content (AvgIpc) is 2.63. The Hall–Kier alpha value is -2.13. The molecule has 2 aromatic carbocycles. The minimum absolute atomic E-state index is 0.0219. The fourth-order valence-electron chi connectivity index (χ4n) is 3.33. The second-order valence-corrected chi connectivity index (χ2v) is 6.33. The topological polar surface area (TPSA) is 49.3 Å². The van der Waals surface area contributed by atoms with Gasteiger partial charge in [-0.05, 0) is 48.4 Å². The predicted octanol–water partition coefficient (Wildman–Crippen LogP) is 3.63. The van der Waals surface area contributed by atoms with Crippen molar-refractivity contribution in [3.05, 3.63) is 60.2 Å². The second-order valence-electron chi connectivity index (χ2n) is 6.33. The molecule has 0 aromatic heterocycles. The van der Waals surface area contributed by atoms with E-state index in [4.69, 9.17) is 0 Å². The van der Waals surface area contributed by atoms with Gasteiger partial charge in [-0.25, -0.2) is 0 Å². The second kappa shape index (κ2) is 7.42. The number of carbonyl (C=O) groups is 1. The average molecular weight is 309 g/mol. The molecule has 2 N–H and O–H groups in total. The van der Waals surface area contributed by atoms with E-state index in [9.17, 15) is 9.90 Å². The summed E-state index contributed by atoms with van der Waals surface area (Å²) >= 11 is 0. The van der Waals surface area contributed by atoms with Gasteiger partial charge in [0.05, 0.1) is 0 Å².